The zero-order chi connectivity index (χ0) is 17.1. The first-order valence-electron chi connectivity index (χ1n) is 7.40. The Labute approximate surface area is 142 Å². The highest BCUT2D eigenvalue weighted by atomic mass is 32.2. The minimum absolute atomic E-state index is 0.247. The first kappa shape index (κ1) is 16.2. The van der Waals surface area contributed by atoms with Crippen molar-refractivity contribution in [2.45, 2.75) is 18.5 Å². The molecular weight excluding hydrogens is 325 g/mol. The van der Waals surface area contributed by atoms with Gasteiger partial charge in [-0.3, -0.25) is 9.36 Å². The lowest BCUT2D eigenvalue weighted by molar-refractivity contribution is 0.615. The van der Waals surface area contributed by atoms with Gasteiger partial charge in [-0.05, 0) is 36.8 Å². The molecule has 0 N–H and O–H groups in total. The molecule has 0 unspecified atom stereocenters. The van der Waals surface area contributed by atoms with E-state index >= 15 is 0 Å². The predicted molar refractivity (Wildman–Crippen MR) is 93.0 cm³/mol. The molecule has 0 saturated heterocycles. The molecule has 0 spiro atoms. The van der Waals surface area contributed by atoms with Crippen LogP contribution in [0.4, 0.5) is 4.39 Å². The Balaban J connectivity index is 2.24. The van der Waals surface area contributed by atoms with Crippen LogP contribution in [0.5, 0.6) is 0 Å². The first-order chi connectivity index (χ1) is 11.6. The van der Waals surface area contributed by atoms with Gasteiger partial charge in [0.2, 0.25) is 0 Å². The van der Waals surface area contributed by atoms with Crippen LogP contribution in [-0.4, -0.2) is 15.3 Å². The monoisotopic (exact) mass is 339 g/mol. The molecule has 0 radical (unpaired) electrons. The largest absolute Gasteiger partial charge is 0.268 e. The van der Waals surface area contributed by atoms with E-state index in [1.54, 1.807) is 37.3 Å². The molecule has 0 aliphatic carbocycles. The topological polar surface area (TPSA) is 58.7 Å². The number of aryl methyl sites for hydroxylation is 1. The van der Waals surface area contributed by atoms with Gasteiger partial charge < -0.3 is 0 Å². The van der Waals surface area contributed by atoms with Crippen LogP contribution in [-0.2, 0) is 0 Å². The van der Waals surface area contributed by atoms with Crippen molar-refractivity contribution in [3.05, 3.63) is 64.2 Å². The first-order valence-corrected chi connectivity index (χ1v) is 8.38. The lowest BCUT2D eigenvalue weighted by atomic mass is 10.2. The zero-order valence-corrected chi connectivity index (χ0v) is 13.8. The predicted octanol–water partition coefficient (Wildman–Crippen LogP) is 3.84. The quantitative estimate of drug-likeness (QED) is 0.412. The van der Waals surface area contributed by atoms with Crippen LogP contribution in [0.15, 0.2) is 52.4 Å². The number of para-hydroxylation sites is 1. The average molecular weight is 339 g/mol. The average Bonchev–Trinajstić information content (AvgIpc) is 2.58. The summed E-state index contributed by atoms with van der Waals surface area (Å²) in [6.45, 7) is 1.67. The van der Waals surface area contributed by atoms with Crippen LogP contribution in [0, 0.1) is 24.1 Å². The van der Waals surface area contributed by atoms with Gasteiger partial charge in [0, 0.05) is 12.2 Å². The molecule has 0 aliphatic rings. The fraction of sp³-hybridized carbons (Fsp3) is 0.167. The Hall–Kier alpha value is -2.65. The summed E-state index contributed by atoms with van der Waals surface area (Å²) in [4.78, 5) is 17.4. The van der Waals surface area contributed by atoms with E-state index in [0.29, 0.717) is 39.5 Å². The van der Waals surface area contributed by atoms with Crippen LogP contribution in [0.25, 0.3) is 16.6 Å². The van der Waals surface area contributed by atoms with Gasteiger partial charge in [-0.1, -0.05) is 30.0 Å². The molecule has 0 fully saturated rings. The maximum Gasteiger partial charge on any atom is 0.266 e. The Bertz CT molecular complexity index is 1010. The fourth-order valence-corrected chi connectivity index (χ4v) is 3.20. The standard InChI is InChI=1S/C18H14FN3OS/c1-12-7-8-13(11-15(12)19)22-17(23)14-5-2-3-6-16(14)21-18(22)24-10-4-9-20/h2-3,5-8,11H,4,10H2,1H3. The second-order valence-corrected chi connectivity index (χ2v) is 6.30. The van der Waals surface area contributed by atoms with Gasteiger partial charge in [0.05, 0.1) is 22.7 Å². The molecule has 0 bridgehead atoms. The van der Waals surface area contributed by atoms with Crippen LogP contribution in [0.3, 0.4) is 0 Å². The van der Waals surface area contributed by atoms with Gasteiger partial charge >= 0.3 is 0 Å². The van der Waals surface area contributed by atoms with E-state index in [1.807, 2.05) is 6.07 Å². The lowest BCUT2D eigenvalue weighted by Crippen LogP contribution is -2.22. The van der Waals surface area contributed by atoms with Crippen molar-refractivity contribution < 1.29 is 4.39 Å². The van der Waals surface area contributed by atoms with Gasteiger partial charge in [0.1, 0.15) is 5.82 Å². The molecule has 6 heteroatoms. The lowest BCUT2D eigenvalue weighted by Gasteiger charge is -2.13. The molecule has 1 aromatic heterocycles. The summed E-state index contributed by atoms with van der Waals surface area (Å²) in [5.41, 5.74) is 1.29. The van der Waals surface area contributed by atoms with E-state index in [4.69, 9.17) is 5.26 Å². The van der Waals surface area contributed by atoms with Crippen LogP contribution >= 0.6 is 11.8 Å². The summed E-state index contributed by atoms with van der Waals surface area (Å²) < 4.78 is 15.4. The van der Waals surface area contributed by atoms with Crippen molar-refractivity contribution in [1.82, 2.24) is 9.55 Å². The van der Waals surface area contributed by atoms with E-state index in [9.17, 15) is 9.18 Å². The molecule has 4 nitrogen and oxygen atoms in total. The van der Waals surface area contributed by atoms with Crippen molar-refractivity contribution in [2.75, 3.05) is 5.75 Å². The van der Waals surface area contributed by atoms with Crippen LogP contribution in [0.1, 0.15) is 12.0 Å². The molecule has 120 valence electrons. The third-order valence-corrected chi connectivity index (χ3v) is 4.54. The van der Waals surface area contributed by atoms with Gasteiger partial charge in [-0.15, -0.1) is 0 Å². The number of halogens is 1. The van der Waals surface area contributed by atoms with E-state index < -0.39 is 0 Å². The molecule has 0 aliphatic heterocycles. The van der Waals surface area contributed by atoms with Crippen molar-refractivity contribution in [3.63, 3.8) is 0 Å². The molecule has 3 aromatic rings. The van der Waals surface area contributed by atoms with E-state index in [2.05, 4.69) is 11.1 Å². The highest BCUT2D eigenvalue weighted by molar-refractivity contribution is 7.99. The van der Waals surface area contributed by atoms with Crippen molar-refractivity contribution in [1.29, 1.82) is 5.26 Å². The number of hydrogen-bond donors (Lipinski definition) is 0. The molecule has 2 aromatic carbocycles. The summed E-state index contributed by atoms with van der Waals surface area (Å²) in [5.74, 6) is 0.135. The third-order valence-electron chi connectivity index (χ3n) is 3.60. The molecule has 0 atom stereocenters. The molecule has 3 rings (SSSR count). The van der Waals surface area contributed by atoms with Crippen molar-refractivity contribution >= 4 is 22.7 Å². The summed E-state index contributed by atoms with van der Waals surface area (Å²) in [7, 11) is 0. The zero-order valence-electron chi connectivity index (χ0n) is 13.0. The number of nitrogens with zero attached hydrogens (tertiary/aromatic N) is 3. The second kappa shape index (κ2) is 6.85. The molecule has 1 heterocycles. The van der Waals surface area contributed by atoms with Gasteiger partial charge in [-0.25, -0.2) is 9.37 Å². The Morgan fingerprint density at radius 2 is 2.08 bits per heavy atom. The summed E-state index contributed by atoms with van der Waals surface area (Å²) >= 11 is 1.31. The van der Waals surface area contributed by atoms with E-state index in [0.717, 1.165) is 0 Å². The highest BCUT2D eigenvalue weighted by Crippen LogP contribution is 2.22. The van der Waals surface area contributed by atoms with Crippen LogP contribution < -0.4 is 5.56 Å². The number of aromatic nitrogens is 2. The number of thioether (sulfide) groups is 1. The summed E-state index contributed by atoms with van der Waals surface area (Å²) in [6, 6.07) is 13.8. The van der Waals surface area contributed by atoms with E-state index in [-0.39, 0.29) is 11.4 Å². The number of benzene rings is 2. The normalized spacial score (nSPS) is 10.7. The Morgan fingerprint density at radius 3 is 2.83 bits per heavy atom. The third kappa shape index (κ3) is 3.03. The minimum Gasteiger partial charge on any atom is -0.268 e. The maximum atomic E-state index is 14.0. The minimum atomic E-state index is -0.375. The molecule has 24 heavy (non-hydrogen) atoms. The smallest absolute Gasteiger partial charge is 0.266 e. The Morgan fingerprint density at radius 1 is 1.29 bits per heavy atom. The SMILES string of the molecule is Cc1ccc(-n2c(SCCC#N)nc3ccccc3c2=O)cc1F. The highest BCUT2D eigenvalue weighted by Gasteiger charge is 2.14. The maximum absolute atomic E-state index is 14.0. The molecule has 0 saturated carbocycles. The second-order valence-electron chi connectivity index (χ2n) is 5.24. The number of hydrogen-bond acceptors (Lipinski definition) is 4. The summed E-state index contributed by atoms with van der Waals surface area (Å²) in [5, 5.41) is 9.65. The molecular formula is C18H14FN3OS. The van der Waals surface area contributed by atoms with Gasteiger partial charge in [0.25, 0.3) is 5.56 Å². The van der Waals surface area contributed by atoms with Gasteiger partial charge in [-0.2, -0.15) is 5.26 Å². The van der Waals surface area contributed by atoms with Crippen LogP contribution in [0.2, 0.25) is 0 Å². The number of nitriles is 1. The fourth-order valence-electron chi connectivity index (χ4n) is 2.35. The molecule has 0 amide bonds. The Kier molecular flexibility index (Phi) is 4.63. The van der Waals surface area contributed by atoms with E-state index in [1.165, 1.54) is 22.4 Å². The summed E-state index contributed by atoms with van der Waals surface area (Å²) in [6.07, 6.45) is 0.343. The van der Waals surface area contributed by atoms with Gasteiger partial charge in [0.15, 0.2) is 5.16 Å². The number of rotatable bonds is 4. The van der Waals surface area contributed by atoms with Crippen molar-refractivity contribution in [2.24, 2.45) is 0 Å². The number of fused-ring (bicyclic) bond motifs is 1. The van der Waals surface area contributed by atoms with Crippen molar-refractivity contribution in [3.8, 4) is 11.8 Å².